The summed E-state index contributed by atoms with van der Waals surface area (Å²) in [6.45, 7) is 6.50. The summed E-state index contributed by atoms with van der Waals surface area (Å²) in [6.07, 6.45) is 70.5. The standard InChI is InChI=1S/C61H106O6/c1-4-7-10-13-16-19-21-23-24-25-26-27-28-29-30-31-32-33-34-35-36-37-38-39-41-42-45-48-51-54-60(63)66-57-58(56-65-59(62)53-50-47-44-18-15-12-9-6-3)67-61(64)55-52-49-46-43-40-22-20-17-14-11-8-5-2/h7,10,16,19,23-24,26-27,29-30,32-33,58H,4-6,8-9,11-15,17-18,20-22,25,28,31,34-57H2,1-3H3/b10-7-,19-16-,24-23-,27-26-,30-29-,33-32-. The van der Waals surface area contributed by atoms with Crippen molar-refractivity contribution in [2.75, 3.05) is 13.2 Å². The van der Waals surface area contributed by atoms with Crippen LogP contribution in [0.4, 0.5) is 0 Å². The van der Waals surface area contributed by atoms with Crippen LogP contribution in [0.3, 0.4) is 0 Å². The van der Waals surface area contributed by atoms with Gasteiger partial charge < -0.3 is 14.2 Å². The Hall–Kier alpha value is -3.15. The van der Waals surface area contributed by atoms with Gasteiger partial charge in [-0.25, -0.2) is 0 Å². The van der Waals surface area contributed by atoms with Crippen LogP contribution in [0.5, 0.6) is 0 Å². The molecule has 0 aromatic carbocycles. The summed E-state index contributed by atoms with van der Waals surface area (Å²) in [5.41, 5.74) is 0. The summed E-state index contributed by atoms with van der Waals surface area (Å²) < 4.78 is 16.8. The summed E-state index contributed by atoms with van der Waals surface area (Å²) in [4.78, 5) is 37.9. The van der Waals surface area contributed by atoms with Crippen LogP contribution in [0, 0.1) is 0 Å². The van der Waals surface area contributed by atoms with Gasteiger partial charge in [0.25, 0.3) is 0 Å². The highest BCUT2D eigenvalue weighted by molar-refractivity contribution is 5.71. The molecule has 0 radical (unpaired) electrons. The van der Waals surface area contributed by atoms with E-state index in [9.17, 15) is 14.4 Å². The minimum absolute atomic E-state index is 0.0726. The van der Waals surface area contributed by atoms with Gasteiger partial charge in [0.2, 0.25) is 0 Å². The van der Waals surface area contributed by atoms with Gasteiger partial charge in [-0.3, -0.25) is 14.4 Å². The second-order valence-corrected chi connectivity index (χ2v) is 18.8. The van der Waals surface area contributed by atoms with Gasteiger partial charge in [-0.2, -0.15) is 0 Å². The second kappa shape index (κ2) is 55.4. The fraction of sp³-hybridized carbons (Fsp3) is 0.754. The lowest BCUT2D eigenvalue weighted by Crippen LogP contribution is -2.30. The smallest absolute Gasteiger partial charge is 0.306 e. The van der Waals surface area contributed by atoms with E-state index in [1.165, 1.54) is 141 Å². The van der Waals surface area contributed by atoms with E-state index in [-0.39, 0.29) is 31.1 Å². The Morgan fingerprint density at radius 3 is 0.910 bits per heavy atom. The molecule has 0 aliphatic rings. The van der Waals surface area contributed by atoms with Gasteiger partial charge in [0.15, 0.2) is 6.10 Å². The van der Waals surface area contributed by atoms with E-state index in [1.807, 2.05) is 0 Å². The van der Waals surface area contributed by atoms with Crippen LogP contribution in [0.25, 0.3) is 0 Å². The summed E-state index contributed by atoms with van der Waals surface area (Å²) >= 11 is 0. The van der Waals surface area contributed by atoms with Crippen molar-refractivity contribution >= 4 is 17.9 Å². The minimum atomic E-state index is -0.770. The fourth-order valence-electron chi connectivity index (χ4n) is 7.98. The largest absolute Gasteiger partial charge is 0.462 e. The molecule has 0 rings (SSSR count). The lowest BCUT2D eigenvalue weighted by Gasteiger charge is -2.18. The summed E-state index contributed by atoms with van der Waals surface area (Å²) in [5.74, 6) is -0.874. The third-order valence-electron chi connectivity index (χ3n) is 12.2. The van der Waals surface area contributed by atoms with E-state index in [4.69, 9.17) is 14.2 Å². The zero-order valence-corrected chi connectivity index (χ0v) is 44.2. The zero-order chi connectivity index (χ0) is 48.6. The SMILES string of the molecule is CC/C=C\C/C=C\C/C=C\C/C=C\C/C=C\C/C=C\CCCCCCCCCCCCC(=O)OCC(COC(=O)CCCCCCCCCC)OC(=O)CCCCCCCCCCCCCC. The van der Waals surface area contributed by atoms with Crippen molar-refractivity contribution in [3.63, 3.8) is 0 Å². The molecule has 0 aliphatic carbocycles. The Morgan fingerprint density at radius 2 is 0.582 bits per heavy atom. The summed E-state index contributed by atoms with van der Waals surface area (Å²) in [7, 11) is 0. The molecule has 0 N–H and O–H groups in total. The van der Waals surface area contributed by atoms with Gasteiger partial charge in [-0.15, -0.1) is 0 Å². The lowest BCUT2D eigenvalue weighted by atomic mass is 10.0. The number of rotatable bonds is 51. The van der Waals surface area contributed by atoms with E-state index in [0.29, 0.717) is 19.3 Å². The monoisotopic (exact) mass is 935 g/mol. The molecule has 0 aromatic rings. The average molecular weight is 936 g/mol. The Balaban J connectivity index is 4.12. The number of hydrogen-bond donors (Lipinski definition) is 0. The van der Waals surface area contributed by atoms with Crippen LogP contribution in [0.1, 0.15) is 278 Å². The number of unbranched alkanes of at least 4 members (excludes halogenated alkanes) is 28. The van der Waals surface area contributed by atoms with Gasteiger partial charge in [-0.1, -0.05) is 261 Å². The zero-order valence-electron chi connectivity index (χ0n) is 44.2. The Morgan fingerprint density at radius 1 is 0.313 bits per heavy atom. The van der Waals surface area contributed by atoms with Crippen molar-refractivity contribution in [1.82, 2.24) is 0 Å². The molecule has 6 heteroatoms. The first-order chi connectivity index (χ1) is 33.0. The van der Waals surface area contributed by atoms with Gasteiger partial charge >= 0.3 is 17.9 Å². The van der Waals surface area contributed by atoms with Crippen molar-refractivity contribution < 1.29 is 28.6 Å². The van der Waals surface area contributed by atoms with Crippen LogP contribution >= 0.6 is 0 Å². The van der Waals surface area contributed by atoms with E-state index >= 15 is 0 Å². The van der Waals surface area contributed by atoms with Crippen LogP contribution in [0.15, 0.2) is 72.9 Å². The molecular weight excluding hydrogens is 829 g/mol. The lowest BCUT2D eigenvalue weighted by molar-refractivity contribution is -0.167. The highest BCUT2D eigenvalue weighted by Crippen LogP contribution is 2.16. The molecule has 0 bridgehead atoms. The van der Waals surface area contributed by atoms with Crippen molar-refractivity contribution in [2.45, 2.75) is 284 Å². The van der Waals surface area contributed by atoms with Crippen molar-refractivity contribution in [3.05, 3.63) is 72.9 Å². The molecule has 0 aromatic heterocycles. The van der Waals surface area contributed by atoms with Crippen molar-refractivity contribution in [3.8, 4) is 0 Å². The average Bonchev–Trinajstić information content (AvgIpc) is 3.33. The molecule has 0 saturated carbocycles. The molecule has 0 spiro atoms. The fourth-order valence-corrected chi connectivity index (χ4v) is 7.98. The van der Waals surface area contributed by atoms with Crippen LogP contribution < -0.4 is 0 Å². The third kappa shape index (κ3) is 53.7. The van der Waals surface area contributed by atoms with Gasteiger partial charge in [0, 0.05) is 19.3 Å². The normalized spacial score (nSPS) is 12.6. The van der Waals surface area contributed by atoms with Crippen LogP contribution in [0.2, 0.25) is 0 Å². The number of carbonyl (C=O) groups is 3. The molecule has 386 valence electrons. The minimum Gasteiger partial charge on any atom is -0.462 e. The predicted octanol–water partition coefficient (Wildman–Crippen LogP) is 19.0. The van der Waals surface area contributed by atoms with Crippen LogP contribution in [-0.2, 0) is 28.6 Å². The molecule has 0 aliphatic heterocycles. The Bertz CT molecular complexity index is 1260. The molecule has 0 fully saturated rings. The predicted molar refractivity (Wildman–Crippen MR) is 288 cm³/mol. The topological polar surface area (TPSA) is 78.9 Å². The molecule has 0 heterocycles. The number of allylic oxidation sites excluding steroid dienone is 12. The van der Waals surface area contributed by atoms with E-state index < -0.39 is 6.10 Å². The molecule has 0 amide bonds. The maximum Gasteiger partial charge on any atom is 0.306 e. The first kappa shape index (κ1) is 63.8. The van der Waals surface area contributed by atoms with Gasteiger partial charge in [0.1, 0.15) is 13.2 Å². The number of carbonyl (C=O) groups excluding carboxylic acids is 3. The number of esters is 3. The highest BCUT2D eigenvalue weighted by Gasteiger charge is 2.19. The van der Waals surface area contributed by atoms with E-state index in [0.717, 1.165) is 96.3 Å². The maximum absolute atomic E-state index is 12.8. The first-order valence-corrected chi connectivity index (χ1v) is 28.4. The third-order valence-corrected chi connectivity index (χ3v) is 12.2. The van der Waals surface area contributed by atoms with E-state index in [2.05, 4.69) is 93.7 Å². The van der Waals surface area contributed by atoms with Gasteiger partial charge in [0.05, 0.1) is 0 Å². The quantitative estimate of drug-likeness (QED) is 0.0262. The second-order valence-electron chi connectivity index (χ2n) is 18.8. The number of hydrogen-bond acceptors (Lipinski definition) is 6. The summed E-state index contributed by atoms with van der Waals surface area (Å²) in [5, 5.41) is 0. The molecule has 0 saturated heterocycles. The maximum atomic E-state index is 12.8. The number of ether oxygens (including phenoxy) is 3. The van der Waals surface area contributed by atoms with E-state index in [1.54, 1.807) is 0 Å². The molecule has 6 nitrogen and oxygen atoms in total. The van der Waals surface area contributed by atoms with Crippen molar-refractivity contribution in [1.29, 1.82) is 0 Å². The molecule has 1 atom stereocenters. The Labute approximate surface area is 414 Å². The van der Waals surface area contributed by atoms with Crippen LogP contribution in [-0.4, -0.2) is 37.2 Å². The van der Waals surface area contributed by atoms with Crippen molar-refractivity contribution in [2.24, 2.45) is 0 Å². The molecule has 67 heavy (non-hydrogen) atoms. The van der Waals surface area contributed by atoms with Gasteiger partial charge in [-0.05, 0) is 70.6 Å². The highest BCUT2D eigenvalue weighted by atomic mass is 16.6. The first-order valence-electron chi connectivity index (χ1n) is 28.4. The molecule has 1 unspecified atom stereocenters. The Kier molecular flexibility index (Phi) is 52.8. The molecular formula is C61H106O6. The summed E-state index contributed by atoms with van der Waals surface area (Å²) in [6, 6.07) is 0.